The predicted octanol–water partition coefficient (Wildman–Crippen LogP) is 5.09. The lowest BCUT2D eigenvalue weighted by Gasteiger charge is -2.27. The van der Waals surface area contributed by atoms with Crippen LogP contribution in [0.25, 0.3) is 0 Å². The van der Waals surface area contributed by atoms with E-state index in [2.05, 4.69) is 10.6 Å². The number of hydrogen-bond donors (Lipinski definition) is 2. The van der Waals surface area contributed by atoms with E-state index < -0.39 is 11.7 Å². The van der Waals surface area contributed by atoms with Gasteiger partial charge in [-0.25, -0.2) is 0 Å². The van der Waals surface area contributed by atoms with Crippen molar-refractivity contribution in [3.63, 3.8) is 0 Å². The first-order valence-electron chi connectivity index (χ1n) is 9.17. The number of alkyl halides is 3. The van der Waals surface area contributed by atoms with Gasteiger partial charge in [-0.3, -0.25) is 9.59 Å². The zero-order chi connectivity index (χ0) is 20.1. The Morgan fingerprint density at radius 2 is 1.14 bits per heavy atom. The third kappa shape index (κ3) is 5.12. The Hall–Kier alpha value is -2.83. The van der Waals surface area contributed by atoms with Crippen molar-refractivity contribution >= 4 is 23.2 Å². The van der Waals surface area contributed by atoms with Crippen molar-refractivity contribution in [3.8, 4) is 0 Å². The average molecular weight is 390 g/mol. The molecule has 2 aromatic rings. The van der Waals surface area contributed by atoms with Crippen molar-refractivity contribution in [1.82, 2.24) is 0 Å². The number of halogens is 3. The number of anilines is 2. The molecule has 2 N–H and O–H groups in total. The Morgan fingerprint density at radius 3 is 1.57 bits per heavy atom. The first kappa shape index (κ1) is 19.9. The van der Waals surface area contributed by atoms with Gasteiger partial charge in [-0.2, -0.15) is 13.2 Å². The van der Waals surface area contributed by atoms with Crippen LogP contribution in [0.1, 0.15) is 31.2 Å². The lowest BCUT2D eigenvalue weighted by atomic mass is 9.81. The maximum absolute atomic E-state index is 12.6. The molecule has 0 radical (unpaired) electrons. The van der Waals surface area contributed by atoms with E-state index in [4.69, 9.17) is 0 Å². The molecule has 0 heterocycles. The minimum absolute atomic E-state index is 0.0483. The predicted molar refractivity (Wildman–Crippen MR) is 101 cm³/mol. The maximum Gasteiger partial charge on any atom is 0.416 e. The molecule has 28 heavy (non-hydrogen) atoms. The molecule has 1 fully saturated rings. The van der Waals surface area contributed by atoms with Crippen LogP contribution in [0.2, 0.25) is 0 Å². The zero-order valence-corrected chi connectivity index (χ0v) is 15.1. The minimum Gasteiger partial charge on any atom is -0.326 e. The number of amides is 2. The summed E-state index contributed by atoms with van der Waals surface area (Å²) in [7, 11) is 0. The molecular weight excluding hydrogens is 369 g/mol. The quantitative estimate of drug-likeness (QED) is 0.764. The molecule has 0 saturated heterocycles. The van der Waals surface area contributed by atoms with Crippen LogP contribution in [0, 0.1) is 11.8 Å². The van der Waals surface area contributed by atoms with Gasteiger partial charge in [-0.1, -0.05) is 18.2 Å². The van der Waals surface area contributed by atoms with Crippen LogP contribution in [0.5, 0.6) is 0 Å². The zero-order valence-electron chi connectivity index (χ0n) is 15.1. The summed E-state index contributed by atoms with van der Waals surface area (Å²) in [6, 6.07) is 13.6. The summed E-state index contributed by atoms with van der Waals surface area (Å²) < 4.78 is 37.8. The highest BCUT2D eigenvalue weighted by Crippen LogP contribution is 2.32. The summed E-state index contributed by atoms with van der Waals surface area (Å²) in [4.78, 5) is 24.7. The summed E-state index contributed by atoms with van der Waals surface area (Å²) >= 11 is 0. The third-order valence-electron chi connectivity index (χ3n) is 4.99. The van der Waals surface area contributed by atoms with Crippen LogP contribution in [-0.4, -0.2) is 11.8 Å². The van der Waals surface area contributed by atoms with Crippen molar-refractivity contribution in [2.24, 2.45) is 11.8 Å². The summed E-state index contributed by atoms with van der Waals surface area (Å²) in [5, 5.41) is 5.55. The Balaban J connectivity index is 1.49. The monoisotopic (exact) mass is 390 g/mol. The number of para-hydroxylation sites is 1. The van der Waals surface area contributed by atoms with Crippen molar-refractivity contribution in [3.05, 3.63) is 60.2 Å². The van der Waals surface area contributed by atoms with E-state index in [1.165, 1.54) is 12.1 Å². The molecule has 0 spiro atoms. The Labute approximate surface area is 161 Å². The van der Waals surface area contributed by atoms with E-state index in [9.17, 15) is 22.8 Å². The highest BCUT2D eigenvalue weighted by molar-refractivity contribution is 5.94. The summed E-state index contributed by atoms with van der Waals surface area (Å²) in [5.41, 5.74) is 0.326. The van der Waals surface area contributed by atoms with E-state index in [0.717, 1.165) is 17.8 Å². The SMILES string of the molecule is O=C(Nc1ccccc1)C1CCC(C(=O)Nc2ccc(C(F)(F)F)cc2)CC1. The molecule has 1 saturated carbocycles. The highest BCUT2D eigenvalue weighted by Gasteiger charge is 2.31. The minimum atomic E-state index is -4.40. The molecule has 2 amide bonds. The molecule has 0 bridgehead atoms. The third-order valence-corrected chi connectivity index (χ3v) is 4.99. The molecular formula is C21H21F3N2O2. The van der Waals surface area contributed by atoms with E-state index in [0.29, 0.717) is 31.4 Å². The topological polar surface area (TPSA) is 58.2 Å². The second kappa shape index (κ2) is 8.46. The fraction of sp³-hybridized carbons (Fsp3) is 0.333. The number of rotatable bonds is 4. The normalized spacial score (nSPS) is 19.7. The summed E-state index contributed by atoms with van der Waals surface area (Å²) in [5.74, 6) is -0.659. The number of benzene rings is 2. The number of carbonyl (C=O) groups is 2. The molecule has 1 aliphatic carbocycles. The number of carbonyl (C=O) groups excluding carboxylic acids is 2. The molecule has 2 aromatic carbocycles. The van der Waals surface area contributed by atoms with Crippen LogP contribution in [0.4, 0.5) is 24.5 Å². The van der Waals surface area contributed by atoms with Crippen LogP contribution < -0.4 is 10.6 Å². The van der Waals surface area contributed by atoms with Gasteiger partial charge >= 0.3 is 6.18 Å². The fourth-order valence-corrected chi connectivity index (χ4v) is 3.37. The van der Waals surface area contributed by atoms with Gasteiger partial charge in [-0.05, 0) is 62.1 Å². The van der Waals surface area contributed by atoms with Gasteiger partial charge in [0.15, 0.2) is 0 Å². The molecule has 0 aliphatic heterocycles. The van der Waals surface area contributed by atoms with Crippen LogP contribution in [-0.2, 0) is 15.8 Å². The van der Waals surface area contributed by atoms with Gasteiger partial charge in [0.05, 0.1) is 5.56 Å². The van der Waals surface area contributed by atoms with Crippen molar-refractivity contribution in [2.45, 2.75) is 31.9 Å². The van der Waals surface area contributed by atoms with Crippen LogP contribution in [0.3, 0.4) is 0 Å². The molecule has 3 rings (SSSR count). The maximum atomic E-state index is 12.6. The number of nitrogens with one attached hydrogen (secondary N) is 2. The highest BCUT2D eigenvalue weighted by atomic mass is 19.4. The van der Waals surface area contributed by atoms with Crippen LogP contribution >= 0.6 is 0 Å². The van der Waals surface area contributed by atoms with Gasteiger partial charge in [-0.15, -0.1) is 0 Å². The van der Waals surface area contributed by atoms with Crippen molar-refractivity contribution < 1.29 is 22.8 Å². The van der Waals surface area contributed by atoms with Gasteiger partial charge in [0, 0.05) is 23.2 Å². The van der Waals surface area contributed by atoms with Gasteiger partial charge in [0.1, 0.15) is 0 Å². The second-order valence-corrected chi connectivity index (χ2v) is 6.97. The second-order valence-electron chi connectivity index (χ2n) is 6.97. The standard InChI is InChI=1S/C21H21F3N2O2/c22-21(23,24)16-10-12-18(13-11-16)26-20(28)15-8-6-14(7-9-15)19(27)25-17-4-2-1-3-5-17/h1-5,10-15H,6-9H2,(H,25,27)(H,26,28). The number of hydrogen-bond acceptors (Lipinski definition) is 2. The van der Waals surface area contributed by atoms with Gasteiger partial charge in [0.25, 0.3) is 0 Å². The van der Waals surface area contributed by atoms with E-state index >= 15 is 0 Å². The molecule has 7 heteroatoms. The fourth-order valence-electron chi connectivity index (χ4n) is 3.37. The average Bonchev–Trinajstić information content (AvgIpc) is 2.68. The van der Waals surface area contributed by atoms with Crippen LogP contribution in [0.15, 0.2) is 54.6 Å². The largest absolute Gasteiger partial charge is 0.416 e. The van der Waals surface area contributed by atoms with Gasteiger partial charge in [0.2, 0.25) is 11.8 Å². The van der Waals surface area contributed by atoms with Gasteiger partial charge < -0.3 is 10.6 Å². The Morgan fingerprint density at radius 1 is 0.714 bits per heavy atom. The summed E-state index contributed by atoms with van der Waals surface area (Å²) in [6.07, 6.45) is -2.06. The molecule has 0 atom stereocenters. The van der Waals surface area contributed by atoms with E-state index in [-0.39, 0.29) is 23.7 Å². The lowest BCUT2D eigenvalue weighted by molar-refractivity contribution is -0.137. The smallest absolute Gasteiger partial charge is 0.326 e. The molecule has 1 aliphatic rings. The van der Waals surface area contributed by atoms with Crippen molar-refractivity contribution in [1.29, 1.82) is 0 Å². The molecule has 4 nitrogen and oxygen atoms in total. The first-order chi connectivity index (χ1) is 13.3. The lowest BCUT2D eigenvalue weighted by Crippen LogP contribution is -2.32. The molecule has 0 unspecified atom stereocenters. The van der Waals surface area contributed by atoms with E-state index in [1.54, 1.807) is 0 Å². The van der Waals surface area contributed by atoms with E-state index in [1.807, 2.05) is 30.3 Å². The summed E-state index contributed by atoms with van der Waals surface area (Å²) in [6.45, 7) is 0. The first-order valence-corrected chi connectivity index (χ1v) is 9.17. The Kier molecular flexibility index (Phi) is 6.02. The Bertz CT molecular complexity index is 812. The van der Waals surface area contributed by atoms with Crippen molar-refractivity contribution in [2.75, 3.05) is 10.6 Å². The molecule has 148 valence electrons. The molecule has 0 aromatic heterocycles.